The Morgan fingerprint density at radius 3 is 2.62 bits per heavy atom. The lowest BCUT2D eigenvalue weighted by Crippen LogP contribution is -2.08. The second-order valence-electron chi connectivity index (χ2n) is 7.54. The number of hydrogen-bond acceptors (Lipinski definition) is 8. The summed E-state index contributed by atoms with van der Waals surface area (Å²) < 4.78 is 30.2. The molecular formula is C24H26FN4O3S2+. The summed E-state index contributed by atoms with van der Waals surface area (Å²) in [4.78, 5) is 9.93. The van der Waals surface area contributed by atoms with Crippen LogP contribution >= 0.6 is 11.3 Å². The third kappa shape index (κ3) is 5.31. The monoisotopic (exact) mass is 501 g/mol. The van der Waals surface area contributed by atoms with Crippen molar-refractivity contribution >= 4 is 44.2 Å². The average Bonchev–Trinajstić information content (AvgIpc) is 3.19. The van der Waals surface area contributed by atoms with Crippen LogP contribution < -0.4 is 11.1 Å². The number of thiophene rings is 1. The number of anilines is 2. The molecule has 3 aromatic heterocycles. The third-order valence-corrected chi connectivity index (χ3v) is 8.24. The maximum absolute atomic E-state index is 13.6. The van der Waals surface area contributed by atoms with E-state index in [0.29, 0.717) is 45.1 Å². The number of halogens is 1. The Morgan fingerprint density at radius 1 is 1.18 bits per heavy atom. The average molecular weight is 502 g/mol. The van der Waals surface area contributed by atoms with Gasteiger partial charge in [0.15, 0.2) is 11.2 Å². The van der Waals surface area contributed by atoms with E-state index in [1.165, 1.54) is 23.5 Å². The molecule has 5 N–H and O–H groups in total. The predicted octanol–water partition coefficient (Wildman–Crippen LogP) is 4.64. The van der Waals surface area contributed by atoms with E-state index in [2.05, 4.69) is 10.3 Å². The van der Waals surface area contributed by atoms with Gasteiger partial charge < -0.3 is 20.9 Å². The fourth-order valence-electron chi connectivity index (χ4n) is 3.55. The van der Waals surface area contributed by atoms with Gasteiger partial charge in [-0.05, 0) is 41.5 Å². The molecular weight excluding hydrogens is 475 g/mol. The van der Waals surface area contributed by atoms with Crippen molar-refractivity contribution in [1.82, 2.24) is 9.97 Å². The molecule has 0 aliphatic rings. The molecule has 0 spiro atoms. The minimum atomic E-state index is -1.03. The van der Waals surface area contributed by atoms with E-state index < -0.39 is 11.2 Å². The lowest BCUT2D eigenvalue weighted by molar-refractivity contribution is 0.199. The highest BCUT2D eigenvalue weighted by atomic mass is 32.2. The van der Waals surface area contributed by atoms with Crippen molar-refractivity contribution in [2.75, 3.05) is 43.7 Å². The van der Waals surface area contributed by atoms with Gasteiger partial charge in [-0.3, -0.25) is 0 Å². The Labute approximate surface area is 204 Å². The van der Waals surface area contributed by atoms with Gasteiger partial charge in [-0.25, -0.2) is 14.4 Å². The molecule has 3 heterocycles. The molecule has 0 bridgehead atoms. The molecule has 1 atom stereocenters. The second kappa shape index (κ2) is 11.1. The number of nitrogens with one attached hydrogen (secondary N) is 1. The van der Waals surface area contributed by atoms with E-state index in [9.17, 15) is 8.94 Å². The maximum Gasteiger partial charge on any atom is 0.269 e. The number of fused-ring (bicyclic) bond motifs is 1. The number of aromatic nitrogens is 2. The Bertz CT molecular complexity index is 1250. The zero-order valence-corrected chi connectivity index (χ0v) is 20.3. The molecule has 0 aliphatic carbocycles. The minimum absolute atomic E-state index is 0.0167. The zero-order valence-electron chi connectivity index (χ0n) is 18.6. The van der Waals surface area contributed by atoms with E-state index in [1.807, 2.05) is 18.2 Å². The maximum atomic E-state index is 13.6. The van der Waals surface area contributed by atoms with Gasteiger partial charge in [0.05, 0.1) is 18.9 Å². The molecule has 178 valence electrons. The first-order valence-electron chi connectivity index (χ1n) is 10.7. The number of nitrogens with zero attached hydrogens (tertiary/aromatic N) is 2. The molecule has 7 nitrogen and oxygen atoms in total. The van der Waals surface area contributed by atoms with Gasteiger partial charge in [-0.15, -0.1) is 0 Å². The number of pyridine rings is 2. The van der Waals surface area contributed by atoms with Crippen LogP contribution in [0.4, 0.5) is 15.9 Å². The third-order valence-electron chi connectivity index (χ3n) is 5.20. The van der Waals surface area contributed by atoms with Crippen LogP contribution in [-0.2, 0) is 15.9 Å². The number of hydrogen-bond donors (Lipinski definition) is 4. The zero-order chi connectivity index (χ0) is 24.1. The van der Waals surface area contributed by atoms with Gasteiger partial charge in [0.2, 0.25) is 0 Å². The predicted molar refractivity (Wildman–Crippen MR) is 138 cm³/mol. The van der Waals surface area contributed by atoms with Crippen molar-refractivity contribution in [3.05, 3.63) is 54.5 Å². The van der Waals surface area contributed by atoms with Crippen LogP contribution in [0, 0.1) is 5.82 Å². The van der Waals surface area contributed by atoms with Crippen molar-refractivity contribution in [3.63, 3.8) is 0 Å². The molecule has 0 saturated carbocycles. The van der Waals surface area contributed by atoms with Crippen LogP contribution in [0.3, 0.4) is 0 Å². The van der Waals surface area contributed by atoms with Crippen LogP contribution in [0.2, 0.25) is 0 Å². The van der Waals surface area contributed by atoms with Crippen LogP contribution in [0.5, 0.6) is 0 Å². The van der Waals surface area contributed by atoms with Crippen LogP contribution in [0.25, 0.3) is 32.6 Å². The number of aliphatic hydroxyl groups is 1. The lowest BCUT2D eigenvalue weighted by Gasteiger charge is -2.09. The number of benzene rings is 1. The van der Waals surface area contributed by atoms with E-state index in [0.717, 1.165) is 28.5 Å². The molecule has 0 aliphatic heterocycles. The summed E-state index contributed by atoms with van der Waals surface area (Å²) in [5.41, 5.74) is 10.2. The second-order valence-corrected chi connectivity index (χ2v) is 10.3. The van der Waals surface area contributed by atoms with Crippen LogP contribution in [0.15, 0.2) is 52.9 Å². The molecule has 1 aromatic carbocycles. The highest BCUT2D eigenvalue weighted by molar-refractivity contribution is 7.93. The Hall–Kier alpha value is -2.76. The summed E-state index contributed by atoms with van der Waals surface area (Å²) in [6.45, 7) is 0.993. The number of nitrogen functional groups attached to an aromatic ring is 1. The number of rotatable bonds is 10. The van der Waals surface area contributed by atoms with Gasteiger partial charge in [0.1, 0.15) is 27.9 Å². The van der Waals surface area contributed by atoms with Crippen LogP contribution in [-0.4, -0.2) is 52.2 Å². The summed E-state index contributed by atoms with van der Waals surface area (Å²) in [5, 5.41) is 12.8. The summed E-state index contributed by atoms with van der Waals surface area (Å²) >= 11 is 0.343. The van der Waals surface area contributed by atoms with Gasteiger partial charge in [-0.1, -0.05) is 23.5 Å². The summed E-state index contributed by atoms with van der Waals surface area (Å²) in [6, 6.07) is 11.9. The number of nitrogens with two attached hydrogens (primary N) is 1. The van der Waals surface area contributed by atoms with Crippen molar-refractivity contribution in [3.8, 4) is 22.4 Å². The number of aliphatic hydroxyl groups excluding tert-OH is 1. The normalized spacial score (nSPS) is 12.2. The quantitative estimate of drug-likeness (QED) is 0.185. The van der Waals surface area contributed by atoms with Gasteiger partial charge >= 0.3 is 0 Å². The van der Waals surface area contributed by atoms with Gasteiger partial charge in [0.25, 0.3) is 4.21 Å². The molecule has 0 saturated heterocycles. The Balaban J connectivity index is 1.81. The topological polar surface area (TPSA) is 114 Å². The van der Waals surface area contributed by atoms with Crippen LogP contribution in [0.1, 0.15) is 6.42 Å². The lowest BCUT2D eigenvalue weighted by atomic mass is 10.0. The first-order chi connectivity index (χ1) is 16.5. The largest absolute Gasteiger partial charge is 0.395 e. The van der Waals surface area contributed by atoms with Gasteiger partial charge in [0, 0.05) is 37.2 Å². The highest BCUT2D eigenvalue weighted by Gasteiger charge is 2.29. The standard InChI is InChI=1S/C24H26FN4O3S2/c1-32-11-2-12-34(31)24-22(26)21-18(15-3-6-17(25)7-4-15)13-19(29-23(21)33-24)16-5-8-20(28-14-16)27-9-10-30/h3-8,13-14,30-31H,2,9-12,26H2,1H3,(H,27,28)/q+1. The minimum Gasteiger partial charge on any atom is -0.395 e. The van der Waals surface area contributed by atoms with Gasteiger partial charge in [-0.2, -0.15) is 4.55 Å². The molecule has 1 unspecified atom stereocenters. The summed E-state index contributed by atoms with van der Waals surface area (Å²) in [7, 11) is 1.63. The van der Waals surface area contributed by atoms with E-state index in [1.54, 1.807) is 25.4 Å². The molecule has 4 aromatic rings. The first-order valence-corrected chi connectivity index (χ1v) is 12.9. The van der Waals surface area contributed by atoms with E-state index in [4.69, 9.17) is 20.6 Å². The van der Waals surface area contributed by atoms with E-state index >= 15 is 0 Å². The SMILES string of the molecule is COCCC[S+](O)c1sc2nc(-c3ccc(NCCO)nc3)cc(-c3ccc(F)cc3)c2c1N. The van der Waals surface area contributed by atoms with E-state index in [-0.39, 0.29) is 12.4 Å². The summed E-state index contributed by atoms with van der Waals surface area (Å²) in [5.74, 6) is 0.884. The molecule has 0 fully saturated rings. The van der Waals surface area contributed by atoms with Crippen molar-refractivity contribution < 1.29 is 18.8 Å². The fraction of sp³-hybridized carbons (Fsp3) is 0.250. The molecule has 0 amide bonds. The Morgan fingerprint density at radius 2 is 1.94 bits per heavy atom. The molecule has 10 heteroatoms. The Kier molecular flexibility index (Phi) is 7.96. The first kappa shape index (κ1) is 24.4. The number of methoxy groups -OCH3 is 1. The smallest absolute Gasteiger partial charge is 0.269 e. The fourth-order valence-corrected chi connectivity index (χ4v) is 6.21. The molecule has 34 heavy (non-hydrogen) atoms. The summed E-state index contributed by atoms with van der Waals surface area (Å²) in [6.07, 6.45) is 2.43. The van der Waals surface area contributed by atoms with Crippen molar-refractivity contribution in [2.24, 2.45) is 0 Å². The van der Waals surface area contributed by atoms with Crippen molar-refractivity contribution in [2.45, 2.75) is 10.6 Å². The number of ether oxygens (including phenoxy) is 1. The van der Waals surface area contributed by atoms with Crippen molar-refractivity contribution in [1.29, 1.82) is 0 Å². The molecule has 0 radical (unpaired) electrons. The highest BCUT2D eigenvalue weighted by Crippen LogP contribution is 2.43. The molecule has 4 rings (SSSR count).